The van der Waals surface area contributed by atoms with Crippen LogP contribution in [0.15, 0.2) is 30.6 Å². The summed E-state index contributed by atoms with van der Waals surface area (Å²) >= 11 is 0. The van der Waals surface area contributed by atoms with Crippen LogP contribution in [0.1, 0.15) is 25.5 Å². The van der Waals surface area contributed by atoms with Crippen LogP contribution in [-0.2, 0) is 0 Å². The predicted octanol–water partition coefficient (Wildman–Crippen LogP) is 2.58. The van der Waals surface area contributed by atoms with Crippen LogP contribution in [0.5, 0.6) is 0 Å². The van der Waals surface area contributed by atoms with Gasteiger partial charge in [-0.1, -0.05) is 12.1 Å². The molecule has 0 saturated carbocycles. The Kier molecular flexibility index (Phi) is 2.84. The van der Waals surface area contributed by atoms with Crippen LogP contribution in [0.3, 0.4) is 0 Å². The van der Waals surface area contributed by atoms with E-state index in [1.54, 1.807) is 12.3 Å². The number of nitrogen functional groups attached to an aromatic ring is 1. The van der Waals surface area contributed by atoms with Crippen molar-refractivity contribution in [2.45, 2.75) is 19.9 Å². The van der Waals surface area contributed by atoms with Crippen LogP contribution in [-0.4, -0.2) is 9.78 Å². The van der Waals surface area contributed by atoms with E-state index in [0.29, 0.717) is 17.3 Å². The minimum atomic E-state index is 0.301. The Morgan fingerprint density at radius 2 is 2.18 bits per heavy atom. The van der Waals surface area contributed by atoms with Gasteiger partial charge in [0.1, 0.15) is 6.07 Å². The lowest BCUT2D eigenvalue weighted by molar-refractivity contribution is 0.532. The highest BCUT2D eigenvalue weighted by atomic mass is 15.3. The zero-order chi connectivity index (χ0) is 12.4. The molecular formula is C13H14N4. The number of nitriles is 1. The van der Waals surface area contributed by atoms with E-state index in [-0.39, 0.29) is 0 Å². The molecule has 0 fully saturated rings. The van der Waals surface area contributed by atoms with Crippen molar-refractivity contribution in [2.75, 3.05) is 5.73 Å². The molecule has 86 valence electrons. The van der Waals surface area contributed by atoms with Gasteiger partial charge in [0.2, 0.25) is 0 Å². The predicted molar refractivity (Wildman–Crippen MR) is 67.2 cm³/mol. The van der Waals surface area contributed by atoms with Gasteiger partial charge in [0.05, 0.1) is 17.4 Å². The Balaban J connectivity index is 2.53. The van der Waals surface area contributed by atoms with Gasteiger partial charge >= 0.3 is 0 Å². The molecule has 0 spiro atoms. The average Bonchev–Trinajstić information content (AvgIpc) is 2.77. The second kappa shape index (κ2) is 4.30. The molecule has 4 heteroatoms. The number of nitrogens with zero attached hydrogens (tertiary/aromatic N) is 3. The first-order valence-corrected chi connectivity index (χ1v) is 5.46. The SMILES string of the molecule is CC(C)n1cc(-c2cccc(N)c2C#N)cn1. The zero-order valence-corrected chi connectivity index (χ0v) is 9.88. The number of nitrogens with two attached hydrogens (primary N) is 1. The van der Waals surface area contributed by atoms with Gasteiger partial charge in [-0.05, 0) is 19.9 Å². The van der Waals surface area contributed by atoms with E-state index in [9.17, 15) is 0 Å². The summed E-state index contributed by atoms with van der Waals surface area (Å²) in [6.07, 6.45) is 3.69. The maximum absolute atomic E-state index is 9.12. The van der Waals surface area contributed by atoms with Gasteiger partial charge < -0.3 is 5.73 Å². The van der Waals surface area contributed by atoms with Crippen molar-refractivity contribution in [2.24, 2.45) is 0 Å². The molecule has 0 aliphatic heterocycles. The summed E-state index contributed by atoms with van der Waals surface area (Å²) in [5.41, 5.74) is 8.55. The number of aromatic nitrogens is 2. The van der Waals surface area contributed by atoms with Crippen LogP contribution >= 0.6 is 0 Å². The third kappa shape index (κ3) is 2.00. The molecule has 0 aliphatic carbocycles. The molecule has 2 rings (SSSR count). The highest BCUT2D eigenvalue weighted by molar-refractivity contribution is 5.76. The van der Waals surface area contributed by atoms with E-state index >= 15 is 0 Å². The summed E-state index contributed by atoms with van der Waals surface area (Å²) in [6, 6.07) is 7.90. The number of benzene rings is 1. The van der Waals surface area contributed by atoms with Crippen LogP contribution in [0.25, 0.3) is 11.1 Å². The van der Waals surface area contributed by atoms with E-state index < -0.39 is 0 Å². The van der Waals surface area contributed by atoms with Crippen molar-refractivity contribution in [3.05, 3.63) is 36.2 Å². The largest absolute Gasteiger partial charge is 0.398 e. The van der Waals surface area contributed by atoms with Crippen molar-refractivity contribution in [1.82, 2.24) is 9.78 Å². The van der Waals surface area contributed by atoms with Gasteiger partial charge in [-0.2, -0.15) is 10.4 Å². The molecule has 2 aromatic rings. The maximum atomic E-state index is 9.12. The molecule has 0 bridgehead atoms. The molecule has 0 saturated heterocycles. The second-order valence-corrected chi connectivity index (χ2v) is 4.18. The normalized spacial score (nSPS) is 10.5. The fourth-order valence-corrected chi connectivity index (χ4v) is 1.70. The molecule has 0 unspecified atom stereocenters. The Morgan fingerprint density at radius 3 is 2.76 bits per heavy atom. The molecule has 0 amide bonds. The number of anilines is 1. The minimum absolute atomic E-state index is 0.301. The Bertz CT molecular complexity index is 575. The first-order valence-electron chi connectivity index (χ1n) is 5.46. The van der Waals surface area contributed by atoms with Crippen molar-refractivity contribution in [1.29, 1.82) is 5.26 Å². The van der Waals surface area contributed by atoms with E-state index in [0.717, 1.165) is 11.1 Å². The second-order valence-electron chi connectivity index (χ2n) is 4.18. The fraction of sp³-hybridized carbons (Fsp3) is 0.231. The van der Waals surface area contributed by atoms with Crippen molar-refractivity contribution >= 4 is 5.69 Å². The third-order valence-corrected chi connectivity index (χ3v) is 2.65. The van der Waals surface area contributed by atoms with Gasteiger partial charge in [0.25, 0.3) is 0 Å². The van der Waals surface area contributed by atoms with E-state index in [4.69, 9.17) is 11.0 Å². The summed E-state index contributed by atoms with van der Waals surface area (Å²) < 4.78 is 1.86. The van der Waals surface area contributed by atoms with Crippen LogP contribution < -0.4 is 5.73 Å². The lowest BCUT2D eigenvalue weighted by Gasteiger charge is -2.05. The summed E-state index contributed by atoms with van der Waals surface area (Å²) in [5, 5.41) is 13.4. The van der Waals surface area contributed by atoms with E-state index in [1.807, 2.05) is 23.0 Å². The summed E-state index contributed by atoms with van der Waals surface area (Å²) in [6.45, 7) is 4.11. The molecule has 4 nitrogen and oxygen atoms in total. The van der Waals surface area contributed by atoms with Crippen LogP contribution in [0.2, 0.25) is 0 Å². The number of rotatable bonds is 2. The summed E-state index contributed by atoms with van der Waals surface area (Å²) in [4.78, 5) is 0. The molecule has 2 N–H and O–H groups in total. The molecule has 17 heavy (non-hydrogen) atoms. The maximum Gasteiger partial charge on any atom is 0.102 e. The summed E-state index contributed by atoms with van der Waals surface area (Å²) in [7, 11) is 0. The smallest absolute Gasteiger partial charge is 0.102 e. The number of hydrogen-bond acceptors (Lipinski definition) is 3. The van der Waals surface area contributed by atoms with Gasteiger partial charge in [-0.25, -0.2) is 0 Å². The first kappa shape index (κ1) is 11.2. The van der Waals surface area contributed by atoms with Gasteiger partial charge in [0.15, 0.2) is 0 Å². The van der Waals surface area contributed by atoms with E-state index in [1.165, 1.54) is 0 Å². The van der Waals surface area contributed by atoms with Gasteiger partial charge in [-0.15, -0.1) is 0 Å². The lowest BCUT2D eigenvalue weighted by atomic mass is 10.0. The standard InChI is InChI=1S/C13H14N4/c1-9(2)17-8-10(7-16-17)11-4-3-5-13(15)12(11)6-14/h3-5,7-9H,15H2,1-2H3. The molecule has 0 radical (unpaired) electrons. The molecule has 1 aromatic heterocycles. The minimum Gasteiger partial charge on any atom is -0.398 e. The first-order chi connectivity index (χ1) is 8.13. The Labute approximate surface area is 100 Å². The Morgan fingerprint density at radius 1 is 1.41 bits per heavy atom. The molecule has 1 aromatic carbocycles. The zero-order valence-electron chi connectivity index (χ0n) is 9.88. The van der Waals surface area contributed by atoms with Gasteiger partial charge in [0, 0.05) is 23.4 Å². The topological polar surface area (TPSA) is 67.6 Å². The highest BCUT2D eigenvalue weighted by Gasteiger charge is 2.10. The fourth-order valence-electron chi connectivity index (χ4n) is 1.70. The van der Waals surface area contributed by atoms with Gasteiger partial charge in [-0.3, -0.25) is 4.68 Å². The van der Waals surface area contributed by atoms with Crippen molar-refractivity contribution in [3.63, 3.8) is 0 Å². The molecular weight excluding hydrogens is 212 g/mol. The van der Waals surface area contributed by atoms with Crippen LogP contribution in [0, 0.1) is 11.3 Å². The lowest BCUT2D eigenvalue weighted by Crippen LogP contribution is -1.99. The third-order valence-electron chi connectivity index (χ3n) is 2.65. The number of hydrogen-bond donors (Lipinski definition) is 1. The van der Waals surface area contributed by atoms with Crippen molar-refractivity contribution < 1.29 is 0 Å². The van der Waals surface area contributed by atoms with Crippen molar-refractivity contribution in [3.8, 4) is 17.2 Å². The van der Waals surface area contributed by atoms with Crippen LogP contribution in [0.4, 0.5) is 5.69 Å². The molecule has 1 heterocycles. The summed E-state index contributed by atoms with van der Waals surface area (Å²) in [5.74, 6) is 0. The molecule has 0 aliphatic rings. The highest BCUT2D eigenvalue weighted by Crippen LogP contribution is 2.27. The Hall–Kier alpha value is -2.28. The molecule has 0 atom stereocenters. The quantitative estimate of drug-likeness (QED) is 0.800. The monoisotopic (exact) mass is 226 g/mol. The van der Waals surface area contributed by atoms with E-state index in [2.05, 4.69) is 25.0 Å². The average molecular weight is 226 g/mol.